The summed E-state index contributed by atoms with van der Waals surface area (Å²) in [7, 11) is 0. The summed E-state index contributed by atoms with van der Waals surface area (Å²) in [6, 6.07) is 16.4. The van der Waals surface area contributed by atoms with Crippen molar-refractivity contribution in [2.75, 3.05) is 18.5 Å². The zero-order valence-electron chi connectivity index (χ0n) is 16.2. The maximum Gasteiger partial charge on any atom is 0.289 e. The van der Waals surface area contributed by atoms with Gasteiger partial charge in [0.15, 0.2) is 5.76 Å². The topological polar surface area (TPSA) is 71.8 Å². The summed E-state index contributed by atoms with van der Waals surface area (Å²) in [6.45, 7) is 3.49. The minimum Gasteiger partial charge on any atom is -0.493 e. The number of hydrogen-bond donors (Lipinski definition) is 1. The van der Waals surface area contributed by atoms with E-state index in [2.05, 4.69) is 5.32 Å². The van der Waals surface area contributed by atoms with Crippen LogP contribution in [0.1, 0.15) is 39.0 Å². The smallest absolute Gasteiger partial charge is 0.289 e. The zero-order valence-corrected chi connectivity index (χ0v) is 16.2. The van der Waals surface area contributed by atoms with Crippen LogP contribution in [0.25, 0.3) is 0 Å². The van der Waals surface area contributed by atoms with E-state index in [-0.39, 0.29) is 11.8 Å². The van der Waals surface area contributed by atoms with E-state index in [0.717, 1.165) is 12.0 Å². The van der Waals surface area contributed by atoms with Crippen LogP contribution in [0.3, 0.4) is 0 Å². The van der Waals surface area contributed by atoms with Crippen LogP contribution in [0.5, 0.6) is 5.75 Å². The van der Waals surface area contributed by atoms with Crippen molar-refractivity contribution in [3.8, 4) is 5.75 Å². The SMILES string of the molecule is CCOc1ccccc1C(=O)Nc1ccc2c(c1)CN(C(=O)c1ccco1)CC2. The first-order chi connectivity index (χ1) is 14.2. The number of nitrogens with one attached hydrogen (secondary N) is 1. The van der Waals surface area contributed by atoms with Crippen molar-refractivity contribution >= 4 is 17.5 Å². The van der Waals surface area contributed by atoms with Crippen LogP contribution in [0.15, 0.2) is 65.3 Å². The number of nitrogens with zero attached hydrogens (tertiary/aromatic N) is 1. The molecule has 148 valence electrons. The van der Waals surface area contributed by atoms with Gasteiger partial charge in [-0.1, -0.05) is 18.2 Å². The molecule has 1 N–H and O–H groups in total. The molecule has 0 aliphatic carbocycles. The lowest BCUT2D eigenvalue weighted by Crippen LogP contribution is -2.35. The van der Waals surface area contributed by atoms with E-state index < -0.39 is 0 Å². The highest BCUT2D eigenvalue weighted by atomic mass is 16.5. The van der Waals surface area contributed by atoms with Crippen LogP contribution < -0.4 is 10.1 Å². The van der Waals surface area contributed by atoms with Gasteiger partial charge in [0, 0.05) is 18.8 Å². The summed E-state index contributed by atoms with van der Waals surface area (Å²) < 4.78 is 10.8. The van der Waals surface area contributed by atoms with Crippen molar-refractivity contribution in [3.63, 3.8) is 0 Å². The minimum atomic E-state index is -0.228. The molecule has 0 radical (unpaired) electrons. The molecule has 0 unspecified atom stereocenters. The van der Waals surface area contributed by atoms with Crippen LogP contribution in [0.4, 0.5) is 5.69 Å². The lowest BCUT2D eigenvalue weighted by molar-refractivity contribution is 0.0702. The number of anilines is 1. The first-order valence-electron chi connectivity index (χ1n) is 9.63. The van der Waals surface area contributed by atoms with E-state index in [0.29, 0.717) is 42.5 Å². The maximum atomic E-state index is 12.7. The van der Waals surface area contributed by atoms with Crippen LogP contribution in [-0.2, 0) is 13.0 Å². The third-order valence-electron chi connectivity index (χ3n) is 4.93. The molecule has 3 aromatic rings. The van der Waals surface area contributed by atoms with Gasteiger partial charge in [-0.2, -0.15) is 0 Å². The number of ether oxygens (including phenoxy) is 1. The average molecular weight is 390 g/mol. The molecule has 6 heteroatoms. The Morgan fingerprint density at radius 2 is 1.97 bits per heavy atom. The molecular formula is C23H22N2O4. The van der Waals surface area contributed by atoms with Crippen molar-refractivity contribution in [3.05, 3.63) is 83.3 Å². The lowest BCUT2D eigenvalue weighted by Gasteiger charge is -2.28. The van der Waals surface area contributed by atoms with Crippen LogP contribution >= 0.6 is 0 Å². The molecule has 0 atom stereocenters. The van der Waals surface area contributed by atoms with Crippen molar-refractivity contribution in [2.45, 2.75) is 19.9 Å². The Morgan fingerprint density at radius 3 is 2.76 bits per heavy atom. The molecule has 0 bridgehead atoms. The van der Waals surface area contributed by atoms with Gasteiger partial charge >= 0.3 is 0 Å². The number of para-hydroxylation sites is 1. The van der Waals surface area contributed by atoms with E-state index in [1.165, 1.54) is 11.8 Å². The molecule has 6 nitrogen and oxygen atoms in total. The molecular weight excluding hydrogens is 368 g/mol. The van der Waals surface area contributed by atoms with Crippen LogP contribution in [0.2, 0.25) is 0 Å². The summed E-state index contributed by atoms with van der Waals surface area (Å²) >= 11 is 0. The number of hydrogen-bond acceptors (Lipinski definition) is 4. The fraction of sp³-hybridized carbons (Fsp3) is 0.217. The first-order valence-corrected chi connectivity index (χ1v) is 9.63. The molecule has 2 amide bonds. The standard InChI is InChI=1S/C23H22N2O4/c1-2-28-20-7-4-3-6-19(20)22(26)24-18-10-9-16-11-12-25(15-17(16)14-18)23(27)21-8-5-13-29-21/h3-10,13-14H,2,11-12,15H2,1H3,(H,24,26). The Bertz CT molecular complexity index is 1030. The molecule has 2 heterocycles. The Labute approximate surface area is 169 Å². The van der Waals surface area contributed by atoms with Gasteiger partial charge in [0.25, 0.3) is 11.8 Å². The fourth-order valence-electron chi connectivity index (χ4n) is 3.50. The number of rotatable bonds is 5. The predicted octanol–water partition coefficient (Wildman–Crippen LogP) is 4.13. The van der Waals surface area contributed by atoms with Crippen molar-refractivity contribution < 1.29 is 18.7 Å². The van der Waals surface area contributed by atoms with E-state index in [4.69, 9.17) is 9.15 Å². The zero-order chi connectivity index (χ0) is 20.2. The number of carbonyl (C=O) groups is 2. The number of carbonyl (C=O) groups excluding carboxylic acids is 2. The lowest BCUT2D eigenvalue weighted by atomic mass is 9.98. The molecule has 0 fully saturated rings. The summed E-state index contributed by atoms with van der Waals surface area (Å²) in [5.41, 5.74) is 3.38. The summed E-state index contributed by atoms with van der Waals surface area (Å²) in [5, 5.41) is 2.94. The van der Waals surface area contributed by atoms with Gasteiger partial charge in [-0.3, -0.25) is 9.59 Å². The Morgan fingerprint density at radius 1 is 1.10 bits per heavy atom. The normalized spacial score (nSPS) is 12.9. The van der Waals surface area contributed by atoms with Crippen LogP contribution in [-0.4, -0.2) is 29.9 Å². The van der Waals surface area contributed by atoms with Gasteiger partial charge in [-0.25, -0.2) is 0 Å². The Kier molecular flexibility index (Phi) is 5.33. The van der Waals surface area contributed by atoms with Crippen molar-refractivity contribution in [1.82, 2.24) is 4.90 Å². The molecule has 29 heavy (non-hydrogen) atoms. The third kappa shape index (κ3) is 4.01. The average Bonchev–Trinajstić information content (AvgIpc) is 3.28. The van der Waals surface area contributed by atoms with Gasteiger partial charge in [-0.15, -0.1) is 0 Å². The second-order valence-corrected chi connectivity index (χ2v) is 6.82. The molecule has 0 saturated carbocycles. The number of amides is 2. The van der Waals surface area contributed by atoms with E-state index in [1.54, 1.807) is 29.2 Å². The molecule has 4 rings (SSSR count). The van der Waals surface area contributed by atoms with Gasteiger partial charge in [0.05, 0.1) is 18.4 Å². The number of benzene rings is 2. The largest absolute Gasteiger partial charge is 0.493 e. The number of fused-ring (bicyclic) bond motifs is 1. The van der Waals surface area contributed by atoms with Crippen molar-refractivity contribution in [1.29, 1.82) is 0 Å². The van der Waals surface area contributed by atoms with Crippen LogP contribution in [0, 0.1) is 0 Å². The third-order valence-corrected chi connectivity index (χ3v) is 4.93. The highest BCUT2D eigenvalue weighted by Gasteiger charge is 2.24. The summed E-state index contributed by atoms with van der Waals surface area (Å²) in [5.74, 6) is 0.542. The molecule has 1 aliphatic heterocycles. The van der Waals surface area contributed by atoms with Gasteiger partial charge in [0.1, 0.15) is 5.75 Å². The van der Waals surface area contributed by atoms with Crippen molar-refractivity contribution in [2.24, 2.45) is 0 Å². The molecule has 0 spiro atoms. The van der Waals surface area contributed by atoms with Gasteiger partial charge < -0.3 is 19.4 Å². The van der Waals surface area contributed by atoms with Gasteiger partial charge in [-0.05, 0) is 60.9 Å². The monoisotopic (exact) mass is 390 g/mol. The maximum absolute atomic E-state index is 12.7. The molecule has 2 aromatic carbocycles. The van der Waals surface area contributed by atoms with E-state index in [9.17, 15) is 9.59 Å². The highest BCUT2D eigenvalue weighted by molar-refractivity contribution is 6.06. The second kappa shape index (κ2) is 8.22. The Hall–Kier alpha value is -3.54. The Balaban J connectivity index is 1.51. The minimum absolute atomic E-state index is 0.124. The molecule has 1 aliphatic rings. The number of furan rings is 1. The van der Waals surface area contributed by atoms with Gasteiger partial charge in [0.2, 0.25) is 0 Å². The van der Waals surface area contributed by atoms with E-state index in [1.807, 2.05) is 37.3 Å². The fourth-order valence-corrected chi connectivity index (χ4v) is 3.50. The highest BCUT2D eigenvalue weighted by Crippen LogP contribution is 2.25. The summed E-state index contributed by atoms with van der Waals surface area (Å²) in [6.07, 6.45) is 2.27. The second-order valence-electron chi connectivity index (χ2n) is 6.82. The quantitative estimate of drug-likeness (QED) is 0.711. The molecule has 1 aromatic heterocycles. The van der Waals surface area contributed by atoms with E-state index >= 15 is 0 Å². The predicted molar refractivity (Wildman–Crippen MR) is 109 cm³/mol. The molecule has 0 saturated heterocycles. The first kappa shape index (κ1) is 18.8. The summed E-state index contributed by atoms with van der Waals surface area (Å²) in [4.78, 5) is 27.1.